The first-order chi connectivity index (χ1) is 14.5. The Hall–Kier alpha value is -3.73. The maximum absolute atomic E-state index is 12.2. The summed E-state index contributed by atoms with van der Waals surface area (Å²) in [7, 11) is 5.55. The van der Waals surface area contributed by atoms with Crippen molar-refractivity contribution >= 4 is 23.4 Å². The number of amides is 1. The highest BCUT2D eigenvalue weighted by atomic mass is 16.5. The van der Waals surface area contributed by atoms with Crippen LogP contribution in [0.15, 0.2) is 78.9 Å². The molecule has 5 heteroatoms. The van der Waals surface area contributed by atoms with Crippen molar-refractivity contribution in [1.29, 1.82) is 0 Å². The average molecular weight is 402 g/mol. The zero-order valence-electron chi connectivity index (χ0n) is 17.5. The van der Waals surface area contributed by atoms with E-state index in [9.17, 15) is 4.79 Å². The number of hydrogen-bond donors (Lipinski definition) is 1. The second kappa shape index (κ2) is 10.2. The summed E-state index contributed by atoms with van der Waals surface area (Å²) in [6.07, 6.45) is 3.24. The van der Waals surface area contributed by atoms with Crippen LogP contribution in [0.25, 0.3) is 6.08 Å². The number of ether oxygens (including phenoxy) is 2. The zero-order chi connectivity index (χ0) is 21.3. The van der Waals surface area contributed by atoms with Crippen LogP contribution in [-0.4, -0.2) is 27.1 Å². The number of hydrogen-bond acceptors (Lipinski definition) is 4. The predicted molar refractivity (Wildman–Crippen MR) is 122 cm³/mol. The maximum atomic E-state index is 12.2. The Bertz CT molecular complexity index is 997. The van der Waals surface area contributed by atoms with Gasteiger partial charge in [0.2, 0.25) is 5.91 Å². The molecular formula is C25H26N2O3. The zero-order valence-corrected chi connectivity index (χ0v) is 17.5. The summed E-state index contributed by atoms with van der Waals surface area (Å²) in [6, 6.07) is 23.2. The standard InChI is InChI=1S/C25H26N2O3/c1-27(2)22-13-11-21(12-14-22)26-25(28)16-10-19-9-15-23(24(17-19)29-3)30-18-20-7-5-4-6-8-20/h4-17H,18H2,1-3H3,(H,26,28). The number of nitrogens with one attached hydrogen (secondary N) is 1. The third kappa shape index (κ3) is 5.88. The summed E-state index contributed by atoms with van der Waals surface area (Å²) < 4.78 is 11.3. The van der Waals surface area contributed by atoms with Crippen LogP contribution < -0.4 is 19.7 Å². The van der Waals surface area contributed by atoms with Gasteiger partial charge in [-0.1, -0.05) is 36.4 Å². The normalized spacial score (nSPS) is 10.6. The number of nitrogens with zero attached hydrogens (tertiary/aromatic N) is 1. The monoisotopic (exact) mass is 402 g/mol. The number of carbonyl (C=O) groups is 1. The van der Waals surface area contributed by atoms with E-state index in [1.54, 1.807) is 13.2 Å². The largest absolute Gasteiger partial charge is 0.493 e. The molecule has 0 spiro atoms. The Balaban J connectivity index is 1.61. The Morgan fingerprint density at radius 1 is 0.967 bits per heavy atom. The van der Waals surface area contributed by atoms with Crippen molar-refractivity contribution in [2.45, 2.75) is 6.61 Å². The van der Waals surface area contributed by atoms with Gasteiger partial charge in [-0.15, -0.1) is 0 Å². The first-order valence-electron chi connectivity index (χ1n) is 9.66. The minimum absolute atomic E-state index is 0.198. The van der Waals surface area contributed by atoms with Crippen LogP contribution in [0, 0.1) is 0 Å². The van der Waals surface area contributed by atoms with Crippen LogP contribution >= 0.6 is 0 Å². The van der Waals surface area contributed by atoms with E-state index >= 15 is 0 Å². The van der Waals surface area contributed by atoms with E-state index in [-0.39, 0.29) is 5.91 Å². The topological polar surface area (TPSA) is 50.8 Å². The van der Waals surface area contributed by atoms with Gasteiger partial charge in [0.25, 0.3) is 0 Å². The predicted octanol–water partition coefficient (Wildman–Crippen LogP) is 4.99. The third-order valence-electron chi connectivity index (χ3n) is 4.50. The number of benzene rings is 3. The number of anilines is 2. The molecule has 0 unspecified atom stereocenters. The summed E-state index contributed by atoms with van der Waals surface area (Å²) in [5.41, 5.74) is 3.75. The molecule has 30 heavy (non-hydrogen) atoms. The molecule has 0 heterocycles. The Morgan fingerprint density at radius 2 is 1.70 bits per heavy atom. The summed E-state index contributed by atoms with van der Waals surface area (Å²) in [5, 5.41) is 2.86. The van der Waals surface area contributed by atoms with Crippen molar-refractivity contribution < 1.29 is 14.3 Å². The van der Waals surface area contributed by atoms with Crippen molar-refractivity contribution in [3.8, 4) is 11.5 Å². The highest BCUT2D eigenvalue weighted by Crippen LogP contribution is 2.29. The van der Waals surface area contributed by atoms with E-state index in [1.807, 2.05) is 91.8 Å². The third-order valence-corrected chi connectivity index (χ3v) is 4.50. The maximum Gasteiger partial charge on any atom is 0.248 e. The van der Waals surface area contributed by atoms with Crippen molar-refractivity contribution in [2.75, 3.05) is 31.4 Å². The molecule has 0 atom stereocenters. The van der Waals surface area contributed by atoms with Crippen LogP contribution in [0.3, 0.4) is 0 Å². The fourth-order valence-corrected chi connectivity index (χ4v) is 2.84. The number of methoxy groups -OCH3 is 1. The Morgan fingerprint density at radius 3 is 2.37 bits per heavy atom. The van der Waals surface area contributed by atoms with Gasteiger partial charge in [0.15, 0.2) is 11.5 Å². The smallest absolute Gasteiger partial charge is 0.248 e. The number of rotatable bonds is 8. The second-order valence-corrected chi connectivity index (χ2v) is 6.95. The van der Waals surface area contributed by atoms with Crippen molar-refractivity contribution in [3.63, 3.8) is 0 Å². The average Bonchev–Trinajstić information content (AvgIpc) is 2.77. The van der Waals surface area contributed by atoms with Crippen molar-refractivity contribution in [1.82, 2.24) is 0 Å². The molecule has 0 bridgehead atoms. The minimum Gasteiger partial charge on any atom is -0.493 e. The lowest BCUT2D eigenvalue weighted by Gasteiger charge is -2.12. The first kappa shape index (κ1) is 21.0. The highest BCUT2D eigenvalue weighted by molar-refractivity contribution is 6.02. The van der Waals surface area contributed by atoms with E-state index in [2.05, 4.69) is 5.32 Å². The van der Waals surface area contributed by atoms with Crippen molar-refractivity contribution in [2.24, 2.45) is 0 Å². The van der Waals surface area contributed by atoms with Crippen LogP contribution in [0.1, 0.15) is 11.1 Å². The second-order valence-electron chi connectivity index (χ2n) is 6.95. The van der Waals surface area contributed by atoms with Gasteiger partial charge in [0, 0.05) is 31.5 Å². The molecule has 1 N–H and O–H groups in total. The van der Waals surface area contributed by atoms with Gasteiger partial charge >= 0.3 is 0 Å². The van der Waals surface area contributed by atoms with Crippen molar-refractivity contribution in [3.05, 3.63) is 90.0 Å². The molecular weight excluding hydrogens is 376 g/mol. The quantitative estimate of drug-likeness (QED) is 0.539. The lowest BCUT2D eigenvalue weighted by Crippen LogP contribution is -2.10. The fourth-order valence-electron chi connectivity index (χ4n) is 2.84. The van der Waals surface area contributed by atoms with E-state index in [0.717, 1.165) is 22.5 Å². The van der Waals surface area contributed by atoms with E-state index < -0.39 is 0 Å². The van der Waals surface area contributed by atoms with Gasteiger partial charge < -0.3 is 19.7 Å². The molecule has 0 saturated heterocycles. The summed E-state index contributed by atoms with van der Waals surface area (Å²) in [5.74, 6) is 1.08. The van der Waals surface area contributed by atoms with Crippen LogP contribution in [-0.2, 0) is 11.4 Å². The molecule has 154 valence electrons. The molecule has 3 aromatic carbocycles. The molecule has 3 aromatic rings. The molecule has 1 amide bonds. The molecule has 0 radical (unpaired) electrons. The van der Waals surface area contributed by atoms with Gasteiger partial charge in [0.05, 0.1) is 7.11 Å². The summed E-state index contributed by atoms with van der Waals surface area (Å²) >= 11 is 0. The first-order valence-corrected chi connectivity index (χ1v) is 9.66. The van der Waals surface area contributed by atoms with E-state index in [0.29, 0.717) is 18.1 Å². The summed E-state index contributed by atoms with van der Waals surface area (Å²) in [6.45, 7) is 0.460. The van der Waals surface area contributed by atoms with Gasteiger partial charge in [0.1, 0.15) is 6.61 Å². The molecule has 0 aliphatic heterocycles. The lowest BCUT2D eigenvalue weighted by molar-refractivity contribution is -0.111. The SMILES string of the molecule is COc1cc(C=CC(=O)Nc2ccc(N(C)C)cc2)ccc1OCc1ccccc1. The molecule has 0 saturated carbocycles. The molecule has 0 aromatic heterocycles. The van der Waals surface area contributed by atoms with E-state index in [1.165, 1.54) is 6.08 Å². The van der Waals surface area contributed by atoms with Gasteiger partial charge in [-0.2, -0.15) is 0 Å². The van der Waals surface area contributed by atoms with Gasteiger partial charge in [-0.25, -0.2) is 0 Å². The van der Waals surface area contributed by atoms with Gasteiger partial charge in [-0.3, -0.25) is 4.79 Å². The molecule has 0 aliphatic carbocycles. The summed E-state index contributed by atoms with van der Waals surface area (Å²) in [4.78, 5) is 14.2. The molecule has 5 nitrogen and oxygen atoms in total. The van der Waals surface area contributed by atoms with Crippen LogP contribution in [0.5, 0.6) is 11.5 Å². The minimum atomic E-state index is -0.198. The molecule has 0 fully saturated rings. The fraction of sp³-hybridized carbons (Fsp3) is 0.160. The Kier molecular flexibility index (Phi) is 7.11. The van der Waals surface area contributed by atoms with Crippen LogP contribution in [0.2, 0.25) is 0 Å². The number of carbonyl (C=O) groups excluding carboxylic acids is 1. The lowest BCUT2D eigenvalue weighted by atomic mass is 10.2. The Labute approximate surface area is 177 Å². The van der Waals surface area contributed by atoms with E-state index in [4.69, 9.17) is 9.47 Å². The highest BCUT2D eigenvalue weighted by Gasteiger charge is 2.06. The molecule has 3 rings (SSSR count). The molecule has 0 aliphatic rings. The van der Waals surface area contributed by atoms with Crippen LogP contribution in [0.4, 0.5) is 11.4 Å². The van der Waals surface area contributed by atoms with Gasteiger partial charge in [-0.05, 0) is 53.6 Å².